The van der Waals surface area contributed by atoms with Gasteiger partial charge in [-0.15, -0.1) is 0 Å². The molecule has 0 unspecified atom stereocenters. The summed E-state index contributed by atoms with van der Waals surface area (Å²) in [5.41, 5.74) is 3.29. The van der Waals surface area contributed by atoms with Crippen molar-refractivity contribution in [1.29, 1.82) is 0 Å². The van der Waals surface area contributed by atoms with Crippen molar-refractivity contribution in [2.75, 3.05) is 66.1 Å². The number of hydrogen-bond donors (Lipinski definition) is 0. The average molecular weight is 773 g/mol. The fourth-order valence-corrected chi connectivity index (χ4v) is 6.98. The maximum absolute atomic E-state index is 15.0. The Morgan fingerprint density at radius 2 is 1.02 bits per heavy atom. The molecule has 2 aliphatic heterocycles. The van der Waals surface area contributed by atoms with Gasteiger partial charge in [-0.25, -0.2) is 18.4 Å². The fourth-order valence-electron chi connectivity index (χ4n) is 6.98. The van der Waals surface area contributed by atoms with Gasteiger partial charge in [-0.3, -0.25) is 0 Å². The molecule has 0 saturated carbocycles. The molecular weight excluding hydrogens is 726 g/mol. The number of hydrogen-bond acceptors (Lipinski definition) is 10. The minimum Gasteiger partial charge on any atom is -0.491 e. The Bertz CT molecular complexity index is 1900. The van der Waals surface area contributed by atoms with Crippen molar-refractivity contribution < 1.29 is 56.3 Å². The van der Waals surface area contributed by atoms with E-state index < -0.39 is 23.6 Å². The van der Waals surface area contributed by atoms with Crippen LogP contribution in [-0.2, 0) is 18.9 Å². The van der Waals surface area contributed by atoms with Crippen LogP contribution < -0.4 is 18.9 Å². The van der Waals surface area contributed by atoms with Crippen LogP contribution in [0.1, 0.15) is 71.4 Å². The predicted octanol–water partition coefficient (Wildman–Crippen LogP) is 8.18. The summed E-state index contributed by atoms with van der Waals surface area (Å²) in [5, 5.41) is 0. The molecule has 56 heavy (non-hydrogen) atoms. The maximum Gasteiger partial charge on any atom is 0.346 e. The van der Waals surface area contributed by atoms with Crippen LogP contribution in [0.4, 0.5) is 8.78 Å². The number of esters is 2. The topological polar surface area (TPSA) is 108 Å². The molecule has 1 aliphatic carbocycles. The van der Waals surface area contributed by atoms with E-state index in [4.69, 9.17) is 37.9 Å². The van der Waals surface area contributed by atoms with E-state index in [0.29, 0.717) is 52.9 Å². The highest BCUT2D eigenvalue weighted by molar-refractivity contribution is 5.93. The van der Waals surface area contributed by atoms with E-state index in [0.717, 1.165) is 47.2 Å². The predicted molar refractivity (Wildman–Crippen MR) is 202 cm³/mol. The Balaban J connectivity index is 0.903. The second-order valence-electron chi connectivity index (χ2n) is 14.8. The van der Waals surface area contributed by atoms with Crippen LogP contribution in [0.15, 0.2) is 72.8 Å². The number of carbonyl (C=O) groups is 2. The number of carbonyl (C=O) groups excluding carboxylic acids is 2. The first kappa shape index (κ1) is 39.4. The largest absolute Gasteiger partial charge is 0.491 e. The summed E-state index contributed by atoms with van der Waals surface area (Å²) in [6.07, 6.45) is 1.95. The lowest BCUT2D eigenvalue weighted by Gasteiger charge is -2.40. The lowest BCUT2D eigenvalue weighted by molar-refractivity contribution is -0.151. The second kappa shape index (κ2) is 17.1. The van der Waals surface area contributed by atoms with E-state index in [1.807, 2.05) is 19.1 Å². The third kappa shape index (κ3) is 8.58. The second-order valence-corrected chi connectivity index (χ2v) is 14.8. The monoisotopic (exact) mass is 772 g/mol. The molecular formula is C44H46F2O10. The first-order valence-electron chi connectivity index (χ1n) is 19.0. The third-order valence-electron chi connectivity index (χ3n) is 11.0. The molecule has 3 aliphatic rings. The molecule has 0 aromatic heterocycles. The quantitative estimate of drug-likeness (QED) is 0.0559. The molecule has 0 radical (unpaired) electrons. The minimum absolute atomic E-state index is 0.0740. The van der Waals surface area contributed by atoms with Crippen LogP contribution in [0.3, 0.4) is 0 Å². The van der Waals surface area contributed by atoms with Crippen molar-refractivity contribution >= 4 is 11.9 Å². The Morgan fingerprint density at radius 3 is 1.38 bits per heavy atom. The average Bonchev–Trinajstić information content (AvgIpc) is 3.43. The van der Waals surface area contributed by atoms with Crippen LogP contribution in [0, 0.1) is 22.5 Å². The summed E-state index contributed by atoms with van der Waals surface area (Å²) in [7, 11) is 0. The van der Waals surface area contributed by atoms with Crippen LogP contribution in [0.2, 0.25) is 0 Å². The Kier molecular flexibility index (Phi) is 12.0. The first-order chi connectivity index (χ1) is 27.1. The van der Waals surface area contributed by atoms with Crippen LogP contribution in [0.25, 0.3) is 11.1 Å². The molecule has 2 heterocycles. The molecule has 0 N–H and O–H groups in total. The van der Waals surface area contributed by atoms with Crippen molar-refractivity contribution in [3.8, 4) is 34.1 Å². The number of rotatable bonds is 18. The molecule has 0 amide bonds. The van der Waals surface area contributed by atoms with Crippen LogP contribution >= 0.6 is 0 Å². The van der Waals surface area contributed by atoms with E-state index >= 15 is 0 Å². The van der Waals surface area contributed by atoms with Crippen molar-refractivity contribution in [2.45, 2.75) is 39.5 Å². The molecule has 12 heteroatoms. The summed E-state index contributed by atoms with van der Waals surface area (Å²) in [4.78, 5) is 26.0. The van der Waals surface area contributed by atoms with Crippen molar-refractivity contribution in [2.24, 2.45) is 10.8 Å². The SMILES string of the molecule is CCC1(COCCOc2ccc(C(=O)Oc3ccc4c(c3)C(C)c3cc(OC(=O)c5ccc(OCCOCC6(CC)COC6)cc5F)ccc3-4)c(F)c2)COC1. The third-order valence-corrected chi connectivity index (χ3v) is 11.0. The van der Waals surface area contributed by atoms with Gasteiger partial charge >= 0.3 is 11.9 Å². The van der Waals surface area contributed by atoms with Crippen LogP contribution in [-0.4, -0.2) is 78.0 Å². The minimum atomic E-state index is -0.844. The van der Waals surface area contributed by atoms with Crippen molar-refractivity contribution in [1.82, 2.24) is 0 Å². The zero-order chi connectivity index (χ0) is 39.3. The van der Waals surface area contributed by atoms with Crippen molar-refractivity contribution in [3.63, 3.8) is 0 Å². The summed E-state index contributed by atoms with van der Waals surface area (Å²) >= 11 is 0. The summed E-state index contributed by atoms with van der Waals surface area (Å²) < 4.78 is 74.5. The van der Waals surface area contributed by atoms with Gasteiger partial charge in [0.15, 0.2) is 0 Å². The van der Waals surface area contributed by atoms with Gasteiger partial charge in [0, 0.05) is 28.9 Å². The lowest BCUT2D eigenvalue weighted by atomic mass is 9.84. The summed E-state index contributed by atoms with van der Waals surface area (Å²) in [5.74, 6) is -2.31. The zero-order valence-corrected chi connectivity index (χ0v) is 31.8. The molecule has 4 aromatic carbocycles. The molecule has 2 saturated heterocycles. The first-order valence-corrected chi connectivity index (χ1v) is 19.0. The summed E-state index contributed by atoms with van der Waals surface area (Å²) in [6, 6.07) is 18.5. The highest BCUT2D eigenvalue weighted by Gasteiger charge is 2.38. The van der Waals surface area contributed by atoms with Gasteiger partial charge in [0.25, 0.3) is 0 Å². The fraction of sp³-hybridized carbons (Fsp3) is 0.409. The molecule has 0 spiro atoms. The van der Waals surface area contributed by atoms with Crippen molar-refractivity contribution in [3.05, 3.63) is 107 Å². The Morgan fingerprint density at radius 1 is 0.607 bits per heavy atom. The van der Waals surface area contributed by atoms with E-state index in [2.05, 4.69) is 13.8 Å². The standard InChI is InChI=1S/C44H46F2O10/c1-4-43(24-51-25-43)22-49-14-16-53-29-6-12-35(39(45)20-29)41(47)55-31-8-10-33-34-11-9-32(19-38(34)28(3)37(33)18-31)56-42(48)36-13-7-30(21-40(36)46)54-17-15-50-23-44(5-2)26-52-27-44/h6-13,18-21,28H,4-5,14-17,22-27H2,1-3H3. The Hall–Kier alpha value is -4.88. The van der Waals surface area contributed by atoms with E-state index in [9.17, 15) is 18.4 Å². The van der Waals surface area contributed by atoms with E-state index in [1.54, 1.807) is 24.3 Å². The molecule has 2 fully saturated rings. The van der Waals surface area contributed by atoms with E-state index in [1.165, 1.54) is 24.3 Å². The molecule has 0 atom stereocenters. The van der Waals surface area contributed by atoms with Crippen LogP contribution in [0.5, 0.6) is 23.0 Å². The molecule has 7 rings (SSSR count). The molecule has 0 bridgehead atoms. The molecule has 4 aromatic rings. The maximum atomic E-state index is 15.0. The lowest BCUT2D eigenvalue weighted by Crippen LogP contribution is -2.45. The smallest absolute Gasteiger partial charge is 0.346 e. The highest BCUT2D eigenvalue weighted by Crippen LogP contribution is 2.47. The Labute approximate surface area is 324 Å². The van der Waals surface area contributed by atoms with Gasteiger partial charge < -0.3 is 37.9 Å². The number of benzene rings is 4. The van der Waals surface area contributed by atoms with Gasteiger partial charge in [-0.2, -0.15) is 0 Å². The van der Waals surface area contributed by atoms with Gasteiger partial charge in [0.05, 0.1) is 64.0 Å². The summed E-state index contributed by atoms with van der Waals surface area (Å²) in [6.45, 7) is 11.3. The number of halogens is 2. The van der Waals surface area contributed by atoms with Gasteiger partial charge in [0.2, 0.25) is 0 Å². The van der Waals surface area contributed by atoms with Gasteiger partial charge in [-0.05, 0) is 83.6 Å². The normalized spacial score (nSPS) is 16.2. The van der Waals surface area contributed by atoms with Gasteiger partial charge in [-0.1, -0.05) is 32.9 Å². The number of fused-ring (bicyclic) bond motifs is 3. The highest BCUT2D eigenvalue weighted by atomic mass is 19.1. The zero-order valence-electron chi connectivity index (χ0n) is 31.8. The molecule has 10 nitrogen and oxygen atoms in total. The molecule has 296 valence electrons. The van der Waals surface area contributed by atoms with E-state index in [-0.39, 0.29) is 64.1 Å². The van der Waals surface area contributed by atoms with Gasteiger partial charge in [0.1, 0.15) is 47.8 Å². The number of ether oxygens (including phenoxy) is 8.